The van der Waals surface area contributed by atoms with Gasteiger partial charge in [0, 0.05) is 11.6 Å². The van der Waals surface area contributed by atoms with Crippen LogP contribution in [-0.2, 0) is 16.9 Å². The number of rotatable bonds is 3. The van der Waals surface area contributed by atoms with E-state index in [9.17, 15) is 8.78 Å². The van der Waals surface area contributed by atoms with E-state index in [-0.39, 0.29) is 6.10 Å². The van der Waals surface area contributed by atoms with Crippen LogP contribution >= 0.6 is 0 Å². The lowest BCUT2D eigenvalue weighted by atomic mass is 9.95. The van der Waals surface area contributed by atoms with Crippen LogP contribution in [-0.4, -0.2) is 20.9 Å². The Morgan fingerprint density at radius 2 is 2.22 bits per heavy atom. The molecule has 6 heteroatoms. The lowest BCUT2D eigenvalue weighted by Crippen LogP contribution is -2.22. The maximum Gasteiger partial charge on any atom is 0.142 e. The van der Waals surface area contributed by atoms with Gasteiger partial charge in [0.1, 0.15) is 29.9 Å². The van der Waals surface area contributed by atoms with E-state index in [1.165, 1.54) is 24.8 Å². The highest BCUT2D eigenvalue weighted by Gasteiger charge is 2.56. The molecule has 1 aliphatic rings. The third-order valence-electron chi connectivity index (χ3n) is 3.24. The lowest BCUT2D eigenvalue weighted by molar-refractivity contribution is 0.257. The van der Waals surface area contributed by atoms with Gasteiger partial charge in [-0.15, -0.1) is 0 Å². The summed E-state index contributed by atoms with van der Waals surface area (Å²) >= 11 is 0. The first-order valence-corrected chi connectivity index (χ1v) is 5.57. The third kappa shape index (κ3) is 1.69. The van der Waals surface area contributed by atoms with Crippen LogP contribution in [0, 0.1) is 11.6 Å². The van der Waals surface area contributed by atoms with Crippen LogP contribution in [0.2, 0.25) is 0 Å². The van der Waals surface area contributed by atoms with Crippen LogP contribution in [0.5, 0.6) is 0 Å². The monoisotopic (exact) mass is 251 g/mol. The van der Waals surface area contributed by atoms with Crippen molar-refractivity contribution in [2.24, 2.45) is 0 Å². The van der Waals surface area contributed by atoms with Crippen molar-refractivity contribution < 1.29 is 13.5 Å². The molecule has 2 heterocycles. The molecule has 2 atom stereocenters. The normalized spacial score (nSPS) is 26.3. The summed E-state index contributed by atoms with van der Waals surface area (Å²) in [7, 11) is 0. The Morgan fingerprint density at radius 1 is 1.44 bits per heavy atom. The maximum absolute atomic E-state index is 13.8. The van der Waals surface area contributed by atoms with E-state index >= 15 is 0 Å². The average molecular weight is 251 g/mol. The highest BCUT2D eigenvalue weighted by atomic mass is 19.1. The lowest BCUT2D eigenvalue weighted by Gasteiger charge is -2.13. The molecule has 18 heavy (non-hydrogen) atoms. The van der Waals surface area contributed by atoms with Gasteiger partial charge in [-0.25, -0.2) is 18.4 Å². The van der Waals surface area contributed by atoms with Crippen LogP contribution < -0.4 is 0 Å². The zero-order valence-corrected chi connectivity index (χ0v) is 9.68. The smallest absolute Gasteiger partial charge is 0.142 e. The largest absolute Gasteiger partial charge is 0.359 e. The van der Waals surface area contributed by atoms with E-state index in [4.69, 9.17) is 4.74 Å². The molecule has 1 aliphatic heterocycles. The Balaban J connectivity index is 1.97. The second-order valence-electron chi connectivity index (χ2n) is 4.37. The van der Waals surface area contributed by atoms with E-state index in [1.54, 1.807) is 4.68 Å². The second kappa shape index (κ2) is 3.84. The molecule has 3 rings (SSSR count). The van der Waals surface area contributed by atoms with Gasteiger partial charge in [-0.05, 0) is 13.0 Å². The van der Waals surface area contributed by atoms with Crippen molar-refractivity contribution in [2.75, 3.05) is 0 Å². The fourth-order valence-electron chi connectivity index (χ4n) is 2.20. The number of benzene rings is 1. The predicted molar refractivity (Wildman–Crippen MR) is 58.6 cm³/mol. The minimum atomic E-state index is -0.772. The van der Waals surface area contributed by atoms with E-state index in [1.807, 2.05) is 6.92 Å². The summed E-state index contributed by atoms with van der Waals surface area (Å²) in [6, 6.07) is 3.52. The standard InChI is InChI=1S/C12H11F2N3O/c1-8-12(18-8,5-17-7-15-6-16-17)10-3-2-9(13)4-11(10)14/h2-4,6-8H,5H2,1H3/t8-,12?/m0/s1. The van der Waals surface area contributed by atoms with Gasteiger partial charge in [-0.3, -0.25) is 0 Å². The summed E-state index contributed by atoms with van der Waals surface area (Å²) in [6.07, 6.45) is 2.81. The van der Waals surface area contributed by atoms with E-state index in [0.717, 1.165) is 6.07 Å². The van der Waals surface area contributed by atoms with Gasteiger partial charge in [0.2, 0.25) is 0 Å². The van der Waals surface area contributed by atoms with Crippen LogP contribution in [0.3, 0.4) is 0 Å². The second-order valence-corrected chi connectivity index (χ2v) is 4.37. The van der Waals surface area contributed by atoms with Gasteiger partial charge in [-0.2, -0.15) is 5.10 Å². The molecule has 1 saturated heterocycles. The van der Waals surface area contributed by atoms with Crippen molar-refractivity contribution >= 4 is 0 Å². The molecular weight excluding hydrogens is 240 g/mol. The predicted octanol–water partition coefficient (Wildman–Crippen LogP) is 1.87. The molecule has 0 spiro atoms. The molecular formula is C12H11F2N3O. The molecule has 0 N–H and O–H groups in total. The SMILES string of the molecule is C[C@@H]1OC1(Cn1cncn1)c1ccc(F)cc1F. The number of halogens is 2. The van der Waals surface area contributed by atoms with E-state index < -0.39 is 17.2 Å². The Morgan fingerprint density at radius 3 is 2.78 bits per heavy atom. The number of ether oxygens (including phenoxy) is 1. The van der Waals surface area contributed by atoms with Crippen LogP contribution in [0.1, 0.15) is 12.5 Å². The molecule has 1 fully saturated rings. The van der Waals surface area contributed by atoms with Gasteiger partial charge >= 0.3 is 0 Å². The quantitative estimate of drug-likeness (QED) is 0.782. The first kappa shape index (κ1) is 11.3. The van der Waals surface area contributed by atoms with Crippen LogP contribution in [0.25, 0.3) is 0 Å². The van der Waals surface area contributed by atoms with Gasteiger partial charge in [0.05, 0.1) is 12.6 Å². The molecule has 1 unspecified atom stereocenters. The first-order valence-electron chi connectivity index (χ1n) is 5.57. The summed E-state index contributed by atoms with van der Waals surface area (Å²) in [5.41, 5.74) is -0.419. The van der Waals surface area contributed by atoms with Crippen molar-refractivity contribution in [2.45, 2.75) is 25.2 Å². The molecule has 94 valence electrons. The Labute approximate surface area is 102 Å². The Bertz CT molecular complexity index is 573. The van der Waals surface area contributed by atoms with Crippen molar-refractivity contribution in [1.29, 1.82) is 0 Å². The zero-order chi connectivity index (χ0) is 12.8. The highest BCUT2D eigenvalue weighted by Crippen LogP contribution is 2.48. The minimum Gasteiger partial charge on any atom is -0.359 e. The molecule has 0 radical (unpaired) electrons. The number of aromatic nitrogens is 3. The van der Waals surface area contributed by atoms with E-state index in [2.05, 4.69) is 10.1 Å². The molecule has 0 aliphatic carbocycles. The number of nitrogens with zero attached hydrogens (tertiary/aromatic N) is 3. The van der Waals surface area contributed by atoms with E-state index in [0.29, 0.717) is 12.1 Å². The fourth-order valence-corrected chi connectivity index (χ4v) is 2.20. The summed E-state index contributed by atoms with van der Waals surface area (Å²) in [5, 5.41) is 3.98. The molecule has 0 amide bonds. The maximum atomic E-state index is 13.8. The van der Waals surface area contributed by atoms with Crippen molar-refractivity contribution in [1.82, 2.24) is 14.8 Å². The molecule has 4 nitrogen and oxygen atoms in total. The van der Waals surface area contributed by atoms with Crippen LogP contribution in [0.4, 0.5) is 8.78 Å². The zero-order valence-electron chi connectivity index (χ0n) is 9.68. The fraction of sp³-hybridized carbons (Fsp3) is 0.333. The summed E-state index contributed by atoms with van der Waals surface area (Å²) in [4.78, 5) is 3.83. The average Bonchev–Trinajstić information content (AvgIpc) is 2.75. The summed E-state index contributed by atoms with van der Waals surface area (Å²) < 4.78 is 33.9. The molecule has 2 aromatic rings. The topological polar surface area (TPSA) is 43.2 Å². The number of hydrogen-bond acceptors (Lipinski definition) is 3. The first-order chi connectivity index (χ1) is 8.62. The van der Waals surface area contributed by atoms with Crippen molar-refractivity contribution in [3.05, 3.63) is 48.1 Å². The summed E-state index contributed by atoms with van der Waals surface area (Å²) in [5.74, 6) is -1.19. The van der Waals surface area contributed by atoms with Gasteiger partial charge < -0.3 is 4.74 Å². The Hall–Kier alpha value is -1.82. The van der Waals surface area contributed by atoms with Gasteiger partial charge in [-0.1, -0.05) is 6.07 Å². The van der Waals surface area contributed by atoms with Gasteiger partial charge in [0.25, 0.3) is 0 Å². The minimum absolute atomic E-state index is 0.137. The van der Waals surface area contributed by atoms with Crippen molar-refractivity contribution in [3.8, 4) is 0 Å². The van der Waals surface area contributed by atoms with Crippen molar-refractivity contribution in [3.63, 3.8) is 0 Å². The molecule has 0 saturated carbocycles. The molecule has 1 aromatic carbocycles. The Kier molecular flexibility index (Phi) is 2.41. The summed E-state index contributed by atoms with van der Waals surface area (Å²) in [6.45, 7) is 2.20. The van der Waals surface area contributed by atoms with Crippen LogP contribution in [0.15, 0.2) is 30.9 Å². The molecule has 0 bridgehead atoms. The number of hydrogen-bond donors (Lipinski definition) is 0. The third-order valence-corrected chi connectivity index (χ3v) is 3.24. The highest BCUT2D eigenvalue weighted by molar-refractivity contribution is 5.30. The van der Waals surface area contributed by atoms with Gasteiger partial charge in [0.15, 0.2) is 0 Å². The molecule has 1 aromatic heterocycles. The number of epoxide rings is 1.